The van der Waals surface area contributed by atoms with Crippen LogP contribution in [0.4, 0.5) is 0 Å². The minimum Gasteiger partial charge on any atom is -0.369 e. The molecule has 2 fully saturated rings. The van der Waals surface area contributed by atoms with Crippen LogP contribution in [0.2, 0.25) is 0 Å². The van der Waals surface area contributed by atoms with E-state index in [0.29, 0.717) is 0 Å². The summed E-state index contributed by atoms with van der Waals surface area (Å²) in [6.07, 6.45) is 0.912. The number of amides is 1. The van der Waals surface area contributed by atoms with E-state index < -0.39 is 0 Å². The highest BCUT2D eigenvalue weighted by atomic mass is 32.2. The topological polar surface area (TPSA) is 67.1 Å². The lowest BCUT2D eigenvalue weighted by Gasteiger charge is -1.98. The number of carbonyl (C=O) groups excluding carboxylic acids is 1. The third-order valence-corrected chi connectivity index (χ3v) is 2.99. The molecule has 4 N–H and O–H groups in total. The van der Waals surface area contributed by atoms with Crippen molar-refractivity contribution in [3.8, 4) is 0 Å². The van der Waals surface area contributed by atoms with E-state index in [2.05, 4.69) is 10.6 Å². The van der Waals surface area contributed by atoms with Gasteiger partial charge in [0.15, 0.2) is 0 Å². The van der Waals surface area contributed by atoms with Crippen molar-refractivity contribution in [1.29, 1.82) is 0 Å². The number of carbonyl (C=O) groups is 1. The first-order chi connectivity index (χ1) is 6.30. The highest BCUT2D eigenvalue weighted by Gasteiger charge is 2.18. The molecule has 2 heterocycles. The summed E-state index contributed by atoms with van der Waals surface area (Å²) < 4.78 is 0. The smallest absolute Gasteiger partial charge is 0.221 e. The molecule has 13 heavy (non-hydrogen) atoms. The maximum Gasteiger partial charge on any atom is 0.221 e. The Morgan fingerprint density at radius 1 is 1.38 bits per heavy atom. The number of hydrogen-bond acceptors (Lipinski definition) is 4. The van der Waals surface area contributed by atoms with E-state index in [1.807, 2.05) is 11.8 Å². The van der Waals surface area contributed by atoms with Crippen molar-refractivity contribution in [2.24, 2.45) is 11.7 Å². The van der Waals surface area contributed by atoms with Crippen molar-refractivity contribution in [2.45, 2.75) is 6.42 Å². The first kappa shape index (κ1) is 10.8. The van der Waals surface area contributed by atoms with E-state index >= 15 is 0 Å². The van der Waals surface area contributed by atoms with Gasteiger partial charge in [-0.25, -0.2) is 0 Å². The number of nitrogens with two attached hydrogens (primary N) is 1. The number of primary amides is 1. The fourth-order valence-electron chi connectivity index (χ4n) is 1.26. The van der Waals surface area contributed by atoms with Crippen molar-refractivity contribution in [3.63, 3.8) is 0 Å². The maximum atomic E-state index is 10.4. The standard InChI is InChI=1S/C5H10N2O.C3H7NS/c6-5(8)4-1-2-7-3-4;1-2-5-3-4-1/h4,7H,1-3H2,(H2,6,8);4H,1-3H2. The third-order valence-electron chi connectivity index (χ3n) is 2.09. The monoisotopic (exact) mass is 203 g/mol. The van der Waals surface area contributed by atoms with Crippen molar-refractivity contribution in [2.75, 3.05) is 31.3 Å². The molecular formula is C8H17N3OS. The fourth-order valence-corrected chi connectivity index (χ4v) is 1.98. The molecule has 0 aliphatic carbocycles. The van der Waals surface area contributed by atoms with E-state index in [4.69, 9.17) is 5.73 Å². The van der Waals surface area contributed by atoms with Crippen LogP contribution in [0.1, 0.15) is 6.42 Å². The third kappa shape index (κ3) is 4.50. The van der Waals surface area contributed by atoms with Crippen molar-refractivity contribution in [3.05, 3.63) is 0 Å². The summed E-state index contributed by atoms with van der Waals surface area (Å²) >= 11 is 1.96. The predicted octanol–water partition coefficient (Wildman–Crippen LogP) is -0.638. The summed E-state index contributed by atoms with van der Waals surface area (Å²) in [5.41, 5.74) is 5.02. The van der Waals surface area contributed by atoms with Crippen LogP contribution in [-0.4, -0.2) is 37.2 Å². The van der Waals surface area contributed by atoms with Gasteiger partial charge in [-0.3, -0.25) is 4.79 Å². The van der Waals surface area contributed by atoms with Gasteiger partial charge in [-0.2, -0.15) is 0 Å². The average Bonchev–Trinajstić information content (AvgIpc) is 2.82. The van der Waals surface area contributed by atoms with Gasteiger partial charge in [-0.1, -0.05) is 0 Å². The molecule has 0 saturated carbocycles. The van der Waals surface area contributed by atoms with Gasteiger partial charge in [0, 0.05) is 24.7 Å². The summed E-state index contributed by atoms with van der Waals surface area (Å²) in [6.45, 7) is 2.92. The van der Waals surface area contributed by atoms with Gasteiger partial charge in [0.1, 0.15) is 0 Å². The van der Waals surface area contributed by atoms with Crippen LogP contribution in [0.25, 0.3) is 0 Å². The number of nitrogens with one attached hydrogen (secondary N) is 2. The molecule has 1 amide bonds. The average molecular weight is 203 g/mol. The Morgan fingerprint density at radius 2 is 2.23 bits per heavy atom. The molecule has 1 atom stereocenters. The van der Waals surface area contributed by atoms with Crippen LogP contribution in [0.5, 0.6) is 0 Å². The van der Waals surface area contributed by atoms with Crippen LogP contribution >= 0.6 is 11.8 Å². The molecule has 0 aromatic heterocycles. The van der Waals surface area contributed by atoms with Crippen LogP contribution in [-0.2, 0) is 4.79 Å². The molecule has 0 aromatic rings. The first-order valence-corrected chi connectivity index (χ1v) is 5.74. The van der Waals surface area contributed by atoms with Gasteiger partial charge in [0.2, 0.25) is 5.91 Å². The van der Waals surface area contributed by atoms with Crippen molar-refractivity contribution in [1.82, 2.24) is 10.6 Å². The number of rotatable bonds is 1. The van der Waals surface area contributed by atoms with Crippen LogP contribution in [0.3, 0.4) is 0 Å². The zero-order chi connectivity index (χ0) is 9.52. The lowest BCUT2D eigenvalue weighted by molar-refractivity contribution is -0.121. The van der Waals surface area contributed by atoms with Gasteiger partial charge in [-0.05, 0) is 13.0 Å². The highest BCUT2D eigenvalue weighted by molar-refractivity contribution is 7.99. The molecule has 76 valence electrons. The lowest BCUT2D eigenvalue weighted by Crippen LogP contribution is -2.24. The molecular weight excluding hydrogens is 186 g/mol. The fraction of sp³-hybridized carbons (Fsp3) is 0.875. The summed E-state index contributed by atoms with van der Waals surface area (Å²) in [6, 6.07) is 0. The van der Waals surface area contributed by atoms with Crippen molar-refractivity contribution < 1.29 is 4.79 Å². The molecule has 0 radical (unpaired) electrons. The van der Waals surface area contributed by atoms with E-state index in [-0.39, 0.29) is 11.8 Å². The van der Waals surface area contributed by atoms with Gasteiger partial charge in [0.05, 0.1) is 5.92 Å². The van der Waals surface area contributed by atoms with Crippen LogP contribution in [0, 0.1) is 5.92 Å². The Bertz CT molecular complexity index is 148. The van der Waals surface area contributed by atoms with Crippen LogP contribution < -0.4 is 16.4 Å². The number of hydrogen-bond donors (Lipinski definition) is 3. The minimum atomic E-state index is -0.171. The van der Waals surface area contributed by atoms with Crippen LogP contribution in [0.15, 0.2) is 0 Å². The lowest BCUT2D eigenvalue weighted by atomic mass is 10.1. The first-order valence-electron chi connectivity index (χ1n) is 4.59. The molecule has 2 saturated heterocycles. The predicted molar refractivity (Wildman–Crippen MR) is 55.5 cm³/mol. The second-order valence-electron chi connectivity index (χ2n) is 3.14. The molecule has 5 heteroatoms. The SMILES string of the molecule is C1CSCN1.NC(=O)C1CCNC1. The van der Waals surface area contributed by atoms with E-state index in [0.717, 1.165) is 19.5 Å². The molecule has 2 aliphatic heterocycles. The second-order valence-corrected chi connectivity index (χ2v) is 4.25. The highest BCUT2D eigenvalue weighted by Crippen LogP contribution is 2.04. The Hall–Kier alpha value is -0.260. The Morgan fingerprint density at radius 3 is 2.46 bits per heavy atom. The van der Waals surface area contributed by atoms with E-state index in [1.54, 1.807) is 0 Å². The molecule has 2 aliphatic rings. The summed E-state index contributed by atoms with van der Waals surface area (Å²) in [4.78, 5) is 10.4. The molecule has 2 rings (SSSR count). The quantitative estimate of drug-likeness (QED) is 0.530. The second kappa shape index (κ2) is 6.23. The Kier molecular flexibility index (Phi) is 5.19. The molecule has 0 bridgehead atoms. The van der Waals surface area contributed by atoms with Gasteiger partial charge in [0.25, 0.3) is 0 Å². The van der Waals surface area contributed by atoms with Gasteiger partial charge < -0.3 is 16.4 Å². The molecule has 4 nitrogen and oxygen atoms in total. The zero-order valence-electron chi connectivity index (χ0n) is 7.71. The summed E-state index contributed by atoms with van der Waals surface area (Å²) in [7, 11) is 0. The van der Waals surface area contributed by atoms with Gasteiger partial charge in [-0.15, -0.1) is 11.8 Å². The summed E-state index contributed by atoms with van der Waals surface area (Å²) in [5.74, 6) is 2.39. The minimum absolute atomic E-state index is 0.0926. The van der Waals surface area contributed by atoms with E-state index in [9.17, 15) is 4.79 Å². The Balaban J connectivity index is 0.000000145. The summed E-state index contributed by atoms with van der Waals surface area (Å²) in [5, 5.41) is 6.24. The molecule has 0 spiro atoms. The zero-order valence-corrected chi connectivity index (χ0v) is 8.53. The molecule has 1 unspecified atom stereocenters. The normalized spacial score (nSPS) is 26.6. The molecule has 0 aromatic carbocycles. The Labute approximate surface area is 83.0 Å². The van der Waals surface area contributed by atoms with Gasteiger partial charge >= 0.3 is 0 Å². The number of thioether (sulfide) groups is 1. The maximum absolute atomic E-state index is 10.4. The van der Waals surface area contributed by atoms with Crippen molar-refractivity contribution >= 4 is 17.7 Å². The largest absolute Gasteiger partial charge is 0.369 e. The van der Waals surface area contributed by atoms with E-state index in [1.165, 1.54) is 18.2 Å².